The Kier molecular flexibility index (Phi) is 8.80. The van der Waals surface area contributed by atoms with Gasteiger partial charge in [0.1, 0.15) is 5.75 Å². The number of rotatable bonds is 10. The number of benzene rings is 2. The van der Waals surface area contributed by atoms with E-state index in [2.05, 4.69) is 10.9 Å². The standard InChI is InChI=1S/C22H28N2O6/c1-5-27-17-11-9-15(10-12-17)21(25)23-24-22(26)16-13-18(28-6-2)20(30-8-4)19(14-16)29-7-3/h9-14H,5-8H2,1-4H3,(H,23,25)(H,24,26). The third-order valence-corrected chi connectivity index (χ3v) is 3.89. The molecular formula is C22H28N2O6. The Morgan fingerprint density at radius 2 is 1.13 bits per heavy atom. The van der Waals surface area contributed by atoms with Crippen LogP contribution >= 0.6 is 0 Å². The number of hydrazine groups is 1. The predicted molar refractivity (Wildman–Crippen MR) is 112 cm³/mol. The molecule has 8 heteroatoms. The lowest BCUT2D eigenvalue weighted by molar-refractivity contribution is 0.0846. The summed E-state index contributed by atoms with van der Waals surface area (Å²) in [6.07, 6.45) is 0. The van der Waals surface area contributed by atoms with E-state index in [1.165, 1.54) is 0 Å². The fraction of sp³-hybridized carbons (Fsp3) is 0.364. The Balaban J connectivity index is 2.14. The highest BCUT2D eigenvalue weighted by Crippen LogP contribution is 2.39. The summed E-state index contributed by atoms with van der Waals surface area (Å²) in [5.41, 5.74) is 5.45. The summed E-state index contributed by atoms with van der Waals surface area (Å²) in [7, 11) is 0. The van der Waals surface area contributed by atoms with Crippen LogP contribution in [0.3, 0.4) is 0 Å². The van der Waals surface area contributed by atoms with Gasteiger partial charge >= 0.3 is 0 Å². The van der Waals surface area contributed by atoms with Crippen LogP contribution < -0.4 is 29.8 Å². The first-order valence-electron chi connectivity index (χ1n) is 9.93. The van der Waals surface area contributed by atoms with Crippen LogP contribution in [0.5, 0.6) is 23.0 Å². The van der Waals surface area contributed by atoms with Crippen molar-refractivity contribution in [3.05, 3.63) is 47.5 Å². The van der Waals surface area contributed by atoms with Crippen LogP contribution in [0.25, 0.3) is 0 Å². The van der Waals surface area contributed by atoms with Crippen molar-refractivity contribution in [1.82, 2.24) is 10.9 Å². The third-order valence-electron chi connectivity index (χ3n) is 3.89. The van der Waals surface area contributed by atoms with E-state index in [0.717, 1.165) is 0 Å². The molecule has 8 nitrogen and oxygen atoms in total. The molecule has 2 amide bonds. The lowest BCUT2D eigenvalue weighted by Gasteiger charge is -2.17. The normalized spacial score (nSPS) is 10.1. The number of hydrogen-bond acceptors (Lipinski definition) is 6. The number of hydrogen-bond donors (Lipinski definition) is 2. The second-order valence-corrected chi connectivity index (χ2v) is 5.97. The second kappa shape index (κ2) is 11.5. The summed E-state index contributed by atoms with van der Waals surface area (Å²) in [5, 5.41) is 0. The first-order chi connectivity index (χ1) is 14.5. The SMILES string of the molecule is CCOc1ccc(C(=O)NNC(=O)c2cc(OCC)c(OCC)c(OCC)c2)cc1. The third kappa shape index (κ3) is 6.04. The smallest absolute Gasteiger partial charge is 0.269 e. The molecule has 0 unspecified atom stereocenters. The van der Waals surface area contributed by atoms with Crippen molar-refractivity contribution in [2.45, 2.75) is 27.7 Å². The van der Waals surface area contributed by atoms with E-state index in [4.69, 9.17) is 18.9 Å². The second-order valence-electron chi connectivity index (χ2n) is 5.97. The van der Waals surface area contributed by atoms with Gasteiger partial charge in [0, 0.05) is 11.1 Å². The molecule has 0 bridgehead atoms. The Hall–Kier alpha value is -3.42. The average Bonchev–Trinajstić information content (AvgIpc) is 2.75. The summed E-state index contributed by atoms with van der Waals surface area (Å²) in [5.74, 6) is 0.934. The maximum absolute atomic E-state index is 12.6. The number of ether oxygens (including phenoxy) is 4. The fourth-order valence-electron chi connectivity index (χ4n) is 2.65. The van der Waals surface area contributed by atoms with Gasteiger partial charge in [0.15, 0.2) is 11.5 Å². The largest absolute Gasteiger partial charge is 0.494 e. The quantitative estimate of drug-likeness (QED) is 0.577. The minimum Gasteiger partial charge on any atom is -0.494 e. The van der Waals surface area contributed by atoms with Gasteiger partial charge < -0.3 is 18.9 Å². The molecule has 2 rings (SSSR count). The first-order valence-corrected chi connectivity index (χ1v) is 9.93. The van der Waals surface area contributed by atoms with Gasteiger partial charge in [-0.15, -0.1) is 0 Å². The number of carbonyl (C=O) groups is 2. The van der Waals surface area contributed by atoms with Crippen molar-refractivity contribution in [2.75, 3.05) is 26.4 Å². The molecule has 0 aromatic heterocycles. The van der Waals surface area contributed by atoms with Crippen LogP contribution in [0, 0.1) is 0 Å². The Labute approximate surface area is 176 Å². The molecule has 0 aliphatic rings. The summed E-state index contributed by atoms with van der Waals surface area (Å²) < 4.78 is 22.2. The van der Waals surface area contributed by atoms with Crippen LogP contribution in [0.4, 0.5) is 0 Å². The Morgan fingerprint density at radius 3 is 1.60 bits per heavy atom. The zero-order chi connectivity index (χ0) is 21.9. The summed E-state index contributed by atoms with van der Waals surface area (Å²) in [6, 6.07) is 9.71. The van der Waals surface area contributed by atoms with Crippen molar-refractivity contribution in [1.29, 1.82) is 0 Å². The van der Waals surface area contributed by atoms with Crippen LogP contribution in [0.2, 0.25) is 0 Å². The molecule has 0 fully saturated rings. The lowest BCUT2D eigenvalue weighted by atomic mass is 10.1. The zero-order valence-electron chi connectivity index (χ0n) is 17.7. The highest BCUT2D eigenvalue weighted by molar-refractivity contribution is 5.99. The molecule has 0 saturated carbocycles. The van der Waals surface area contributed by atoms with Crippen molar-refractivity contribution >= 4 is 11.8 Å². The Bertz CT molecular complexity index is 824. The van der Waals surface area contributed by atoms with Gasteiger partial charge in [-0.05, 0) is 64.1 Å². The summed E-state index contributed by atoms with van der Waals surface area (Å²) in [4.78, 5) is 24.9. The zero-order valence-corrected chi connectivity index (χ0v) is 17.7. The van der Waals surface area contributed by atoms with E-state index in [-0.39, 0.29) is 5.56 Å². The van der Waals surface area contributed by atoms with Crippen molar-refractivity contribution < 1.29 is 28.5 Å². The van der Waals surface area contributed by atoms with E-state index in [1.807, 2.05) is 27.7 Å². The fourth-order valence-corrected chi connectivity index (χ4v) is 2.65. The first kappa shape index (κ1) is 22.9. The van der Waals surface area contributed by atoms with Gasteiger partial charge in [-0.3, -0.25) is 20.4 Å². The molecule has 162 valence electrons. The predicted octanol–water partition coefficient (Wildman–Crippen LogP) is 3.36. The van der Waals surface area contributed by atoms with Gasteiger partial charge in [0.2, 0.25) is 5.75 Å². The van der Waals surface area contributed by atoms with E-state index in [9.17, 15) is 9.59 Å². The molecule has 0 atom stereocenters. The van der Waals surface area contributed by atoms with E-state index >= 15 is 0 Å². The van der Waals surface area contributed by atoms with Crippen molar-refractivity contribution in [2.24, 2.45) is 0 Å². The van der Waals surface area contributed by atoms with Crippen molar-refractivity contribution in [3.8, 4) is 23.0 Å². The topological polar surface area (TPSA) is 95.1 Å². The number of amides is 2. The molecule has 2 aromatic rings. The Morgan fingerprint density at radius 1 is 0.667 bits per heavy atom. The molecule has 0 radical (unpaired) electrons. The van der Waals surface area contributed by atoms with E-state index < -0.39 is 11.8 Å². The van der Waals surface area contributed by atoms with Gasteiger partial charge in [-0.25, -0.2) is 0 Å². The van der Waals surface area contributed by atoms with Gasteiger partial charge in [-0.1, -0.05) is 0 Å². The van der Waals surface area contributed by atoms with E-state index in [1.54, 1.807) is 36.4 Å². The lowest BCUT2D eigenvalue weighted by Crippen LogP contribution is -2.41. The van der Waals surface area contributed by atoms with Crippen LogP contribution in [-0.4, -0.2) is 38.2 Å². The van der Waals surface area contributed by atoms with E-state index in [0.29, 0.717) is 55.0 Å². The van der Waals surface area contributed by atoms with Gasteiger partial charge in [0.05, 0.1) is 26.4 Å². The maximum atomic E-state index is 12.6. The van der Waals surface area contributed by atoms with Gasteiger partial charge in [-0.2, -0.15) is 0 Å². The molecule has 0 heterocycles. The van der Waals surface area contributed by atoms with Crippen molar-refractivity contribution in [3.63, 3.8) is 0 Å². The molecule has 0 saturated heterocycles. The summed E-state index contributed by atoms with van der Waals surface area (Å²) >= 11 is 0. The van der Waals surface area contributed by atoms with Crippen LogP contribution in [0.15, 0.2) is 36.4 Å². The molecule has 0 aliphatic heterocycles. The maximum Gasteiger partial charge on any atom is 0.269 e. The van der Waals surface area contributed by atoms with Crippen LogP contribution in [-0.2, 0) is 0 Å². The average molecular weight is 416 g/mol. The molecule has 0 aliphatic carbocycles. The highest BCUT2D eigenvalue weighted by Gasteiger charge is 2.19. The number of carbonyl (C=O) groups excluding carboxylic acids is 2. The summed E-state index contributed by atoms with van der Waals surface area (Å²) in [6.45, 7) is 9.14. The monoisotopic (exact) mass is 416 g/mol. The molecule has 2 aromatic carbocycles. The number of nitrogens with one attached hydrogen (secondary N) is 2. The minimum atomic E-state index is -0.515. The molecule has 0 spiro atoms. The van der Waals surface area contributed by atoms with Gasteiger partial charge in [0.25, 0.3) is 11.8 Å². The highest BCUT2D eigenvalue weighted by atomic mass is 16.5. The van der Waals surface area contributed by atoms with Crippen LogP contribution in [0.1, 0.15) is 48.4 Å². The molecule has 30 heavy (non-hydrogen) atoms. The molecular weight excluding hydrogens is 388 g/mol. The molecule has 2 N–H and O–H groups in total. The minimum absolute atomic E-state index is 0.261.